The maximum Gasteiger partial charge on any atom is 0.119 e. The Morgan fingerprint density at radius 3 is 2.58 bits per heavy atom. The van der Waals surface area contributed by atoms with E-state index in [9.17, 15) is 0 Å². The molecule has 3 N–H and O–H groups in total. The number of nitrogens with one attached hydrogen (secondary N) is 1. The summed E-state index contributed by atoms with van der Waals surface area (Å²) in [5, 5.41) is 3.93. The highest BCUT2D eigenvalue weighted by atomic mass is 35.5. The zero-order valence-corrected chi connectivity index (χ0v) is 11.4. The molecule has 0 saturated heterocycles. The van der Waals surface area contributed by atoms with Crippen LogP contribution in [0.3, 0.4) is 0 Å². The monoisotopic (exact) mass is 276 g/mol. The fourth-order valence-corrected chi connectivity index (χ4v) is 1.89. The summed E-state index contributed by atoms with van der Waals surface area (Å²) in [5.74, 6) is 0.832. The molecule has 19 heavy (non-hydrogen) atoms. The van der Waals surface area contributed by atoms with Crippen LogP contribution in [0.15, 0.2) is 48.5 Å². The first-order valence-electron chi connectivity index (χ1n) is 6.19. The largest absolute Gasteiger partial charge is 0.489 e. The Morgan fingerprint density at radius 2 is 1.89 bits per heavy atom. The van der Waals surface area contributed by atoms with Gasteiger partial charge in [-0.05, 0) is 42.0 Å². The Labute approximate surface area is 118 Å². The predicted octanol–water partition coefficient (Wildman–Crippen LogP) is 3.29. The summed E-state index contributed by atoms with van der Waals surface area (Å²) in [6.07, 6.45) is 0. The molecule has 0 heterocycles. The number of hydrogen-bond donors (Lipinski definition) is 2. The van der Waals surface area contributed by atoms with Crippen LogP contribution < -0.4 is 15.8 Å². The van der Waals surface area contributed by atoms with Gasteiger partial charge in [-0.3, -0.25) is 0 Å². The zero-order chi connectivity index (χ0) is 13.5. The van der Waals surface area contributed by atoms with Crippen LogP contribution in [0.25, 0.3) is 0 Å². The summed E-state index contributed by atoms with van der Waals surface area (Å²) in [4.78, 5) is 0. The Bertz CT molecular complexity index is 514. The molecular weight excluding hydrogens is 260 g/mol. The van der Waals surface area contributed by atoms with Crippen molar-refractivity contribution in [1.29, 1.82) is 0 Å². The number of hydrogen-bond acceptors (Lipinski definition) is 3. The molecule has 2 rings (SSSR count). The van der Waals surface area contributed by atoms with Crippen LogP contribution in [0.2, 0.25) is 5.02 Å². The third kappa shape index (κ3) is 4.47. The molecule has 0 radical (unpaired) electrons. The van der Waals surface area contributed by atoms with Crippen LogP contribution in [0.4, 0.5) is 5.69 Å². The Morgan fingerprint density at radius 1 is 1.11 bits per heavy atom. The van der Waals surface area contributed by atoms with E-state index < -0.39 is 0 Å². The van der Waals surface area contributed by atoms with Gasteiger partial charge in [0.2, 0.25) is 0 Å². The average molecular weight is 277 g/mol. The van der Waals surface area contributed by atoms with Gasteiger partial charge in [-0.25, -0.2) is 0 Å². The second-order valence-corrected chi connectivity index (χ2v) is 4.59. The summed E-state index contributed by atoms with van der Waals surface area (Å²) in [7, 11) is 0. The minimum atomic E-state index is 0.510. The lowest BCUT2D eigenvalue weighted by molar-refractivity contribution is 0.306. The van der Waals surface area contributed by atoms with Crippen molar-refractivity contribution in [3.05, 3.63) is 59.1 Å². The molecule has 0 saturated carbocycles. The Hall–Kier alpha value is -1.71. The van der Waals surface area contributed by atoms with E-state index >= 15 is 0 Å². The van der Waals surface area contributed by atoms with E-state index in [4.69, 9.17) is 22.1 Å². The smallest absolute Gasteiger partial charge is 0.119 e. The van der Waals surface area contributed by atoms with Gasteiger partial charge in [0.1, 0.15) is 12.4 Å². The van der Waals surface area contributed by atoms with E-state index in [1.54, 1.807) is 0 Å². The van der Waals surface area contributed by atoms with Crippen LogP contribution in [-0.2, 0) is 6.61 Å². The molecule has 4 heteroatoms. The number of anilines is 1. The Balaban J connectivity index is 1.89. The fourth-order valence-electron chi connectivity index (χ4n) is 1.68. The SMILES string of the molecule is NCCNc1ccc(OCc2cccc(Cl)c2)cc1. The molecule has 0 aliphatic rings. The minimum Gasteiger partial charge on any atom is -0.489 e. The lowest BCUT2D eigenvalue weighted by atomic mass is 10.2. The highest BCUT2D eigenvalue weighted by Gasteiger charge is 1.98. The van der Waals surface area contributed by atoms with Gasteiger partial charge in [0.05, 0.1) is 0 Å². The number of nitrogens with two attached hydrogens (primary N) is 1. The predicted molar refractivity (Wildman–Crippen MR) is 79.8 cm³/mol. The third-order valence-electron chi connectivity index (χ3n) is 2.62. The summed E-state index contributed by atoms with van der Waals surface area (Å²) < 4.78 is 5.70. The molecule has 0 fully saturated rings. The van der Waals surface area contributed by atoms with Crippen molar-refractivity contribution in [3.63, 3.8) is 0 Å². The molecule has 0 aliphatic heterocycles. The van der Waals surface area contributed by atoms with Crippen LogP contribution in [0.5, 0.6) is 5.75 Å². The molecule has 0 aromatic heterocycles. The molecule has 2 aromatic carbocycles. The topological polar surface area (TPSA) is 47.3 Å². The standard InChI is InChI=1S/C15H17ClN2O/c16-13-3-1-2-12(10-13)11-19-15-6-4-14(5-7-15)18-9-8-17/h1-7,10,18H,8-9,11,17H2. The van der Waals surface area contributed by atoms with Crippen LogP contribution >= 0.6 is 11.6 Å². The van der Waals surface area contributed by atoms with Crippen molar-refractivity contribution >= 4 is 17.3 Å². The number of rotatable bonds is 6. The first-order chi connectivity index (χ1) is 9.28. The molecule has 0 spiro atoms. The average Bonchev–Trinajstić information content (AvgIpc) is 2.44. The van der Waals surface area contributed by atoms with Crippen LogP contribution in [0.1, 0.15) is 5.56 Å². The molecule has 0 aliphatic carbocycles. The van der Waals surface area contributed by atoms with E-state index in [-0.39, 0.29) is 0 Å². The highest BCUT2D eigenvalue weighted by molar-refractivity contribution is 6.30. The van der Waals surface area contributed by atoms with Gasteiger partial charge in [0, 0.05) is 23.8 Å². The van der Waals surface area contributed by atoms with Crippen molar-refractivity contribution in [1.82, 2.24) is 0 Å². The maximum absolute atomic E-state index is 5.92. The molecule has 0 bridgehead atoms. The number of halogens is 1. The number of ether oxygens (including phenoxy) is 1. The van der Waals surface area contributed by atoms with Crippen molar-refractivity contribution in [2.24, 2.45) is 5.73 Å². The van der Waals surface area contributed by atoms with E-state index in [1.807, 2.05) is 48.5 Å². The van der Waals surface area contributed by atoms with Gasteiger partial charge in [-0.2, -0.15) is 0 Å². The molecule has 0 atom stereocenters. The Kier molecular flexibility index (Phi) is 5.07. The summed E-state index contributed by atoms with van der Waals surface area (Å²) in [5.41, 5.74) is 7.53. The summed E-state index contributed by atoms with van der Waals surface area (Å²) in [6.45, 7) is 1.89. The van der Waals surface area contributed by atoms with E-state index in [1.165, 1.54) is 0 Å². The molecular formula is C15H17ClN2O. The molecule has 3 nitrogen and oxygen atoms in total. The van der Waals surface area contributed by atoms with Crippen molar-refractivity contribution in [3.8, 4) is 5.75 Å². The van der Waals surface area contributed by atoms with E-state index in [0.717, 1.165) is 28.6 Å². The van der Waals surface area contributed by atoms with E-state index in [0.29, 0.717) is 13.2 Å². The zero-order valence-electron chi connectivity index (χ0n) is 10.6. The van der Waals surface area contributed by atoms with Gasteiger partial charge >= 0.3 is 0 Å². The molecule has 2 aromatic rings. The fraction of sp³-hybridized carbons (Fsp3) is 0.200. The lowest BCUT2D eigenvalue weighted by Gasteiger charge is -2.08. The summed E-state index contributed by atoms with van der Waals surface area (Å²) >= 11 is 5.92. The normalized spacial score (nSPS) is 10.2. The molecule has 0 amide bonds. The van der Waals surface area contributed by atoms with Gasteiger partial charge < -0.3 is 15.8 Å². The second-order valence-electron chi connectivity index (χ2n) is 4.16. The molecule has 0 unspecified atom stereocenters. The second kappa shape index (κ2) is 7.02. The van der Waals surface area contributed by atoms with Crippen molar-refractivity contribution in [2.45, 2.75) is 6.61 Å². The quantitative estimate of drug-likeness (QED) is 0.851. The van der Waals surface area contributed by atoms with Crippen molar-refractivity contribution in [2.75, 3.05) is 18.4 Å². The van der Waals surface area contributed by atoms with Crippen molar-refractivity contribution < 1.29 is 4.74 Å². The maximum atomic E-state index is 5.92. The van der Waals surface area contributed by atoms with Crippen LogP contribution in [-0.4, -0.2) is 13.1 Å². The third-order valence-corrected chi connectivity index (χ3v) is 2.86. The van der Waals surface area contributed by atoms with Crippen LogP contribution in [0, 0.1) is 0 Å². The summed E-state index contributed by atoms with van der Waals surface area (Å²) in [6, 6.07) is 15.5. The first kappa shape index (κ1) is 13.7. The first-order valence-corrected chi connectivity index (χ1v) is 6.57. The van der Waals surface area contributed by atoms with Gasteiger partial charge in [-0.1, -0.05) is 23.7 Å². The minimum absolute atomic E-state index is 0.510. The van der Waals surface area contributed by atoms with Gasteiger partial charge in [-0.15, -0.1) is 0 Å². The van der Waals surface area contributed by atoms with Gasteiger partial charge in [0.25, 0.3) is 0 Å². The van der Waals surface area contributed by atoms with Gasteiger partial charge in [0.15, 0.2) is 0 Å². The molecule has 100 valence electrons. The highest BCUT2D eigenvalue weighted by Crippen LogP contribution is 2.18. The lowest BCUT2D eigenvalue weighted by Crippen LogP contribution is -2.12. The number of benzene rings is 2. The van der Waals surface area contributed by atoms with E-state index in [2.05, 4.69) is 5.32 Å².